The van der Waals surface area contributed by atoms with Crippen molar-refractivity contribution in [1.29, 1.82) is 0 Å². The standard InChI is InChI=1S/C6H11F2NO2/c1-6(7,8)2-4(9)5(11)3-10/h3-5,11H,2,9H2,1H3. The van der Waals surface area contributed by atoms with Gasteiger partial charge in [-0.15, -0.1) is 0 Å². The van der Waals surface area contributed by atoms with Crippen LogP contribution in [0.2, 0.25) is 0 Å². The molecule has 0 bridgehead atoms. The van der Waals surface area contributed by atoms with Crippen molar-refractivity contribution in [2.75, 3.05) is 0 Å². The van der Waals surface area contributed by atoms with Gasteiger partial charge in [0, 0.05) is 12.5 Å². The predicted molar refractivity (Wildman–Crippen MR) is 35.3 cm³/mol. The Kier molecular flexibility index (Phi) is 3.54. The molecule has 0 amide bonds. The highest BCUT2D eigenvalue weighted by atomic mass is 19.3. The minimum Gasteiger partial charge on any atom is -0.384 e. The number of aldehydes is 1. The molecule has 3 N–H and O–H groups in total. The van der Waals surface area contributed by atoms with Crippen molar-refractivity contribution in [1.82, 2.24) is 0 Å². The summed E-state index contributed by atoms with van der Waals surface area (Å²) in [4.78, 5) is 9.86. The highest BCUT2D eigenvalue weighted by Gasteiger charge is 2.28. The number of nitrogens with two attached hydrogens (primary N) is 1. The van der Waals surface area contributed by atoms with E-state index in [1.54, 1.807) is 0 Å². The van der Waals surface area contributed by atoms with E-state index >= 15 is 0 Å². The van der Waals surface area contributed by atoms with E-state index in [2.05, 4.69) is 0 Å². The number of hydrogen-bond donors (Lipinski definition) is 2. The molecule has 0 fully saturated rings. The zero-order valence-corrected chi connectivity index (χ0v) is 6.13. The second-order valence-electron chi connectivity index (χ2n) is 2.56. The molecule has 0 saturated carbocycles. The van der Waals surface area contributed by atoms with Gasteiger partial charge < -0.3 is 15.6 Å². The van der Waals surface area contributed by atoms with Gasteiger partial charge >= 0.3 is 0 Å². The van der Waals surface area contributed by atoms with Gasteiger partial charge in [-0.05, 0) is 6.92 Å². The van der Waals surface area contributed by atoms with Gasteiger partial charge in [0.15, 0.2) is 0 Å². The van der Waals surface area contributed by atoms with Crippen LogP contribution in [-0.2, 0) is 4.79 Å². The Balaban J connectivity index is 3.86. The first-order valence-electron chi connectivity index (χ1n) is 3.13. The summed E-state index contributed by atoms with van der Waals surface area (Å²) in [5, 5.41) is 8.66. The van der Waals surface area contributed by atoms with Crippen LogP contribution in [-0.4, -0.2) is 29.5 Å². The van der Waals surface area contributed by atoms with Crippen molar-refractivity contribution >= 4 is 6.29 Å². The first-order chi connectivity index (χ1) is 4.87. The lowest BCUT2D eigenvalue weighted by atomic mass is 10.1. The zero-order valence-electron chi connectivity index (χ0n) is 6.13. The Morgan fingerprint density at radius 3 is 2.45 bits per heavy atom. The van der Waals surface area contributed by atoms with Crippen LogP contribution in [0.3, 0.4) is 0 Å². The number of aliphatic hydroxyl groups excluding tert-OH is 1. The van der Waals surface area contributed by atoms with E-state index in [0.717, 1.165) is 0 Å². The molecule has 0 aromatic rings. The van der Waals surface area contributed by atoms with Crippen molar-refractivity contribution in [3.8, 4) is 0 Å². The van der Waals surface area contributed by atoms with Gasteiger partial charge in [0.2, 0.25) is 5.92 Å². The van der Waals surface area contributed by atoms with Gasteiger partial charge in [0.25, 0.3) is 0 Å². The van der Waals surface area contributed by atoms with Gasteiger partial charge in [-0.3, -0.25) is 0 Å². The Morgan fingerprint density at radius 1 is 1.73 bits per heavy atom. The third-order valence-corrected chi connectivity index (χ3v) is 1.17. The monoisotopic (exact) mass is 167 g/mol. The maximum atomic E-state index is 12.2. The molecule has 0 rings (SSSR count). The topological polar surface area (TPSA) is 63.3 Å². The maximum Gasteiger partial charge on any atom is 0.247 e. The van der Waals surface area contributed by atoms with Crippen LogP contribution in [0.25, 0.3) is 0 Å². The van der Waals surface area contributed by atoms with Crippen molar-refractivity contribution in [2.24, 2.45) is 5.73 Å². The molecule has 3 nitrogen and oxygen atoms in total. The Labute approximate surface area is 63.2 Å². The van der Waals surface area contributed by atoms with E-state index in [1.807, 2.05) is 0 Å². The summed E-state index contributed by atoms with van der Waals surface area (Å²) in [5.74, 6) is -2.94. The van der Waals surface area contributed by atoms with Crippen LogP contribution < -0.4 is 5.73 Å². The molecule has 0 radical (unpaired) electrons. The number of hydrogen-bond acceptors (Lipinski definition) is 3. The van der Waals surface area contributed by atoms with Gasteiger partial charge in [-0.25, -0.2) is 8.78 Å². The molecule has 0 saturated heterocycles. The number of halogens is 2. The van der Waals surface area contributed by atoms with E-state index < -0.39 is 24.5 Å². The fourth-order valence-corrected chi connectivity index (χ4v) is 0.636. The molecule has 0 aromatic heterocycles. The maximum absolute atomic E-state index is 12.2. The molecule has 66 valence electrons. The summed E-state index contributed by atoms with van der Waals surface area (Å²) in [6.07, 6.45) is -2.04. The second-order valence-corrected chi connectivity index (χ2v) is 2.56. The third kappa shape index (κ3) is 4.80. The van der Waals surface area contributed by atoms with Gasteiger partial charge in [-0.1, -0.05) is 0 Å². The molecular formula is C6H11F2NO2. The highest BCUT2D eigenvalue weighted by Crippen LogP contribution is 2.18. The molecule has 0 aliphatic rings. The number of carbonyl (C=O) groups excluding carboxylic acids is 1. The lowest BCUT2D eigenvalue weighted by Gasteiger charge is -2.17. The van der Waals surface area contributed by atoms with E-state index in [0.29, 0.717) is 6.92 Å². The molecule has 2 atom stereocenters. The SMILES string of the molecule is CC(F)(F)CC(N)C(O)C=O. The molecule has 0 aliphatic heterocycles. The normalized spacial score (nSPS) is 17.5. The van der Waals surface area contributed by atoms with E-state index in [1.165, 1.54) is 0 Å². The molecule has 11 heavy (non-hydrogen) atoms. The molecular weight excluding hydrogens is 156 g/mol. The summed E-state index contributed by atoms with van der Waals surface area (Å²) in [6.45, 7) is 0.685. The smallest absolute Gasteiger partial charge is 0.247 e. The van der Waals surface area contributed by atoms with E-state index in [4.69, 9.17) is 10.8 Å². The summed E-state index contributed by atoms with van der Waals surface area (Å²) in [5.41, 5.74) is 5.05. The van der Waals surface area contributed by atoms with Crippen LogP contribution in [0, 0.1) is 0 Å². The fourth-order valence-electron chi connectivity index (χ4n) is 0.636. The molecule has 0 aliphatic carbocycles. The van der Waals surface area contributed by atoms with Crippen molar-refractivity contribution in [3.63, 3.8) is 0 Å². The van der Waals surface area contributed by atoms with Gasteiger partial charge in [0.1, 0.15) is 12.4 Å². The largest absolute Gasteiger partial charge is 0.384 e. The Hall–Kier alpha value is -0.550. The Morgan fingerprint density at radius 2 is 2.18 bits per heavy atom. The molecule has 2 unspecified atom stereocenters. The number of rotatable bonds is 4. The van der Waals surface area contributed by atoms with Crippen LogP contribution in [0.1, 0.15) is 13.3 Å². The summed E-state index contributed by atoms with van der Waals surface area (Å²) in [7, 11) is 0. The molecule has 0 aromatic carbocycles. The van der Waals surface area contributed by atoms with E-state index in [9.17, 15) is 13.6 Å². The minimum absolute atomic E-state index is 0.149. The van der Waals surface area contributed by atoms with Crippen LogP contribution >= 0.6 is 0 Å². The van der Waals surface area contributed by atoms with Crippen LogP contribution in [0.4, 0.5) is 8.78 Å². The third-order valence-electron chi connectivity index (χ3n) is 1.17. The summed E-state index contributed by atoms with van der Waals surface area (Å²) >= 11 is 0. The molecule has 0 heterocycles. The van der Waals surface area contributed by atoms with Crippen molar-refractivity contribution < 1.29 is 18.7 Å². The zero-order chi connectivity index (χ0) is 9.07. The van der Waals surface area contributed by atoms with Crippen molar-refractivity contribution in [2.45, 2.75) is 31.4 Å². The van der Waals surface area contributed by atoms with Crippen LogP contribution in [0.15, 0.2) is 0 Å². The fraction of sp³-hybridized carbons (Fsp3) is 0.833. The predicted octanol–water partition coefficient (Wildman–Crippen LogP) is -0.0812. The number of alkyl halides is 2. The van der Waals surface area contributed by atoms with Crippen molar-refractivity contribution in [3.05, 3.63) is 0 Å². The second kappa shape index (κ2) is 3.73. The molecule has 0 spiro atoms. The van der Waals surface area contributed by atoms with Crippen LogP contribution in [0.5, 0.6) is 0 Å². The average molecular weight is 167 g/mol. The minimum atomic E-state index is -2.94. The van der Waals surface area contributed by atoms with Gasteiger partial charge in [0.05, 0.1) is 0 Å². The number of aliphatic hydroxyl groups is 1. The molecule has 5 heteroatoms. The first-order valence-corrected chi connectivity index (χ1v) is 3.13. The average Bonchev–Trinajstić information content (AvgIpc) is 1.82. The van der Waals surface area contributed by atoms with E-state index in [-0.39, 0.29) is 6.29 Å². The summed E-state index contributed by atoms with van der Waals surface area (Å²) < 4.78 is 24.3. The lowest BCUT2D eigenvalue weighted by molar-refractivity contribution is -0.116. The quantitative estimate of drug-likeness (QED) is 0.575. The Bertz CT molecular complexity index is 135. The summed E-state index contributed by atoms with van der Waals surface area (Å²) in [6, 6.07) is -1.19. The lowest BCUT2D eigenvalue weighted by Crippen LogP contribution is -2.39. The highest BCUT2D eigenvalue weighted by molar-refractivity contribution is 5.56. The van der Waals surface area contributed by atoms with Gasteiger partial charge in [-0.2, -0.15) is 0 Å². The first kappa shape index (κ1) is 10.4. The number of carbonyl (C=O) groups is 1.